The van der Waals surface area contributed by atoms with E-state index in [9.17, 15) is 36.0 Å². The molecule has 0 aromatic heterocycles. The Morgan fingerprint density at radius 1 is 1.19 bits per heavy atom. The molecule has 0 saturated carbocycles. The number of hydrogen-bond acceptors (Lipinski definition) is 5. The zero-order chi connectivity index (χ0) is 19.4. The third-order valence-corrected chi connectivity index (χ3v) is 5.49. The number of sulfone groups is 1. The number of fused-ring (bicyclic) bond motifs is 1. The van der Waals surface area contributed by atoms with Gasteiger partial charge in [0.1, 0.15) is 6.04 Å². The van der Waals surface area contributed by atoms with Crippen molar-refractivity contribution >= 4 is 27.6 Å². The number of benzene rings is 1. The summed E-state index contributed by atoms with van der Waals surface area (Å²) >= 11 is 0. The molecule has 140 valence electrons. The zero-order valence-corrected chi connectivity index (χ0v) is 14.2. The van der Waals surface area contributed by atoms with Gasteiger partial charge in [-0.1, -0.05) is 6.07 Å². The van der Waals surface area contributed by atoms with E-state index in [1.54, 1.807) is 0 Å². The SMILES string of the molecule is CS(=O)(=O)c1c(C(F)(F)F)ccc2c1C(=O)N(C1CCC(=O)NC1=O)C2. The van der Waals surface area contributed by atoms with Crippen molar-refractivity contribution in [2.24, 2.45) is 0 Å². The molecule has 1 aromatic carbocycles. The van der Waals surface area contributed by atoms with E-state index in [1.165, 1.54) is 0 Å². The quantitative estimate of drug-likeness (QED) is 0.756. The van der Waals surface area contributed by atoms with Gasteiger partial charge in [-0.15, -0.1) is 0 Å². The summed E-state index contributed by atoms with van der Waals surface area (Å²) in [5, 5.41) is 2.06. The summed E-state index contributed by atoms with van der Waals surface area (Å²) in [5.74, 6) is -2.22. The molecule has 1 unspecified atom stereocenters. The Kier molecular flexibility index (Phi) is 4.09. The Bertz CT molecular complexity index is 939. The van der Waals surface area contributed by atoms with Gasteiger partial charge in [-0.2, -0.15) is 13.2 Å². The first-order chi connectivity index (χ1) is 11.9. The van der Waals surface area contributed by atoms with Crippen LogP contribution in [-0.4, -0.2) is 43.3 Å². The van der Waals surface area contributed by atoms with E-state index >= 15 is 0 Å². The minimum Gasteiger partial charge on any atom is -0.322 e. The fraction of sp³-hybridized carbons (Fsp3) is 0.400. The van der Waals surface area contributed by atoms with E-state index in [-0.39, 0.29) is 24.9 Å². The lowest BCUT2D eigenvalue weighted by atomic mass is 10.0. The second kappa shape index (κ2) is 5.79. The van der Waals surface area contributed by atoms with E-state index in [0.717, 1.165) is 11.0 Å². The van der Waals surface area contributed by atoms with Crippen LogP contribution in [0.2, 0.25) is 0 Å². The van der Waals surface area contributed by atoms with Crippen LogP contribution in [0.1, 0.15) is 34.3 Å². The largest absolute Gasteiger partial charge is 0.417 e. The Labute approximate surface area is 146 Å². The third-order valence-electron chi connectivity index (χ3n) is 4.32. The fourth-order valence-corrected chi connectivity index (χ4v) is 4.40. The normalized spacial score (nSPS) is 21.0. The molecule has 2 heterocycles. The molecule has 26 heavy (non-hydrogen) atoms. The van der Waals surface area contributed by atoms with Crippen LogP contribution in [0.4, 0.5) is 13.2 Å². The molecule has 0 spiro atoms. The average Bonchev–Trinajstić information content (AvgIpc) is 2.81. The van der Waals surface area contributed by atoms with Gasteiger partial charge in [-0.3, -0.25) is 19.7 Å². The molecule has 2 aliphatic heterocycles. The molecule has 0 bridgehead atoms. The second-order valence-corrected chi connectivity index (χ2v) is 8.10. The molecule has 1 aromatic rings. The molecule has 3 rings (SSSR count). The van der Waals surface area contributed by atoms with Gasteiger partial charge in [0, 0.05) is 19.2 Å². The maximum Gasteiger partial charge on any atom is 0.417 e. The smallest absolute Gasteiger partial charge is 0.322 e. The van der Waals surface area contributed by atoms with Crippen molar-refractivity contribution < 1.29 is 36.0 Å². The van der Waals surface area contributed by atoms with Crippen molar-refractivity contribution in [1.29, 1.82) is 0 Å². The molecule has 1 N–H and O–H groups in total. The van der Waals surface area contributed by atoms with Gasteiger partial charge in [0.15, 0.2) is 9.84 Å². The van der Waals surface area contributed by atoms with E-state index in [2.05, 4.69) is 5.32 Å². The molecular weight excluding hydrogens is 377 g/mol. The summed E-state index contributed by atoms with van der Waals surface area (Å²) in [5.41, 5.74) is -1.89. The van der Waals surface area contributed by atoms with Gasteiger partial charge in [0.2, 0.25) is 11.8 Å². The number of piperidine rings is 1. The summed E-state index contributed by atoms with van der Waals surface area (Å²) in [6.07, 6.45) is -4.37. The number of imide groups is 1. The van der Waals surface area contributed by atoms with Gasteiger partial charge in [-0.05, 0) is 18.1 Å². The van der Waals surface area contributed by atoms with Crippen molar-refractivity contribution in [2.45, 2.75) is 36.5 Å². The van der Waals surface area contributed by atoms with Crippen LogP contribution in [0, 0.1) is 0 Å². The predicted molar refractivity (Wildman–Crippen MR) is 80.6 cm³/mol. The maximum absolute atomic E-state index is 13.2. The molecule has 1 saturated heterocycles. The Morgan fingerprint density at radius 2 is 1.85 bits per heavy atom. The van der Waals surface area contributed by atoms with E-state index in [4.69, 9.17) is 0 Å². The number of carbonyl (C=O) groups excluding carboxylic acids is 3. The average molecular weight is 390 g/mol. The van der Waals surface area contributed by atoms with E-state index < -0.39 is 55.8 Å². The molecule has 7 nitrogen and oxygen atoms in total. The number of nitrogens with one attached hydrogen (secondary N) is 1. The predicted octanol–water partition coefficient (Wildman–Crippen LogP) is 0.870. The molecule has 1 fully saturated rings. The third kappa shape index (κ3) is 2.96. The van der Waals surface area contributed by atoms with Crippen LogP contribution in [0.3, 0.4) is 0 Å². The van der Waals surface area contributed by atoms with Crippen LogP contribution < -0.4 is 5.32 Å². The molecular formula is C15H13F3N2O5S. The Balaban J connectivity index is 2.11. The van der Waals surface area contributed by atoms with E-state index in [1.807, 2.05) is 0 Å². The lowest BCUT2D eigenvalue weighted by Gasteiger charge is -2.29. The number of carbonyl (C=O) groups is 3. The first-order valence-electron chi connectivity index (χ1n) is 7.49. The monoisotopic (exact) mass is 390 g/mol. The first-order valence-corrected chi connectivity index (χ1v) is 9.38. The number of nitrogens with zero attached hydrogens (tertiary/aromatic N) is 1. The highest BCUT2D eigenvalue weighted by Crippen LogP contribution is 2.40. The van der Waals surface area contributed by atoms with Crippen LogP contribution in [-0.2, 0) is 32.1 Å². The van der Waals surface area contributed by atoms with Gasteiger partial charge < -0.3 is 4.90 Å². The summed E-state index contributed by atoms with van der Waals surface area (Å²) in [4.78, 5) is 35.8. The van der Waals surface area contributed by atoms with Crippen LogP contribution in [0.25, 0.3) is 0 Å². The Morgan fingerprint density at radius 3 is 2.38 bits per heavy atom. The molecule has 0 radical (unpaired) electrons. The van der Waals surface area contributed by atoms with Gasteiger partial charge in [-0.25, -0.2) is 8.42 Å². The number of halogens is 3. The summed E-state index contributed by atoms with van der Waals surface area (Å²) in [6, 6.07) is 0.613. The summed E-state index contributed by atoms with van der Waals surface area (Å²) in [7, 11) is -4.37. The highest BCUT2D eigenvalue weighted by atomic mass is 32.2. The molecule has 11 heteroatoms. The van der Waals surface area contributed by atoms with Gasteiger partial charge >= 0.3 is 6.18 Å². The topological polar surface area (TPSA) is 101 Å². The van der Waals surface area contributed by atoms with Crippen molar-refractivity contribution in [3.05, 3.63) is 28.8 Å². The molecule has 1 atom stereocenters. The molecule has 3 amide bonds. The summed E-state index contributed by atoms with van der Waals surface area (Å²) in [6.45, 7) is -0.207. The minimum absolute atomic E-state index is 0.0186. The highest BCUT2D eigenvalue weighted by Gasteiger charge is 2.45. The van der Waals surface area contributed by atoms with Gasteiger partial charge in [0.25, 0.3) is 5.91 Å². The Hall–Kier alpha value is -2.43. The first kappa shape index (κ1) is 18.4. The van der Waals surface area contributed by atoms with Crippen molar-refractivity contribution in [3.63, 3.8) is 0 Å². The fourth-order valence-electron chi connectivity index (χ4n) is 3.23. The zero-order valence-electron chi connectivity index (χ0n) is 13.4. The number of amides is 3. The molecule has 0 aliphatic carbocycles. The van der Waals surface area contributed by atoms with Crippen LogP contribution >= 0.6 is 0 Å². The van der Waals surface area contributed by atoms with Crippen LogP contribution in [0.15, 0.2) is 17.0 Å². The minimum atomic E-state index is -4.96. The number of alkyl halides is 3. The highest BCUT2D eigenvalue weighted by molar-refractivity contribution is 7.90. The van der Waals surface area contributed by atoms with Crippen molar-refractivity contribution in [1.82, 2.24) is 10.2 Å². The van der Waals surface area contributed by atoms with Crippen LogP contribution in [0.5, 0.6) is 0 Å². The standard InChI is InChI=1S/C15H13F3N2O5S/c1-26(24,25)12-8(15(16,17)18)3-2-7-6-20(14(23)11(7)12)9-4-5-10(21)19-13(9)22/h2-3,9H,4-6H2,1H3,(H,19,21,22). The summed E-state index contributed by atoms with van der Waals surface area (Å²) < 4.78 is 63.7. The molecule has 2 aliphatic rings. The van der Waals surface area contributed by atoms with Gasteiger partial charge in [0.05, 0.1) is 16.0 Å². The maximum atomic E-state index is 13.2. The second-order valence-electron chi connectivity index (χ2n) is 6.15. The van der Waals surface area contributed by atoms with E-state index in [0.29, 0.717) is 12.3 Å². The lowest BCUT2D eigenvalue weighted by molar-refractivity contribution is -0.140. The number of hydrogen-bond donors (Lipinski definition) is 1. The van der Waals surface area contributed by atoms with Crippen molar-refractivity contribution in [3.8, 4) is 0 Å². The lowest BCUT2D eigenvalue weighted by Crippen LogP contribution is -2.52. The van der Waals surface area contributed by atoms with Crippen molar-refractivity contribution in [2.75, 3.05) is 6.26 Å². The number of rotatable bonds is 2.